The molecule has 2 heterocycles. The maximum absolute atomic E-state index is 13.7. The first-order chi connectivity index (χ1) is 16.6. The number of ether oxygens (including phenoxy) is 1. The lowest BCUT2D eigenvalue weighted by atomic mass is 9.93. The van der Waals surface area contributed by atoms with E-state index in [0.29, 0.717) is 25.4 Å². The summed E-state index contributed by atoms with van der Waals surface area (Å²) < 4.78 is 5.34. The quantitative estimate of drug-likeness (QED) is 0.428. The second-order valence-electron chi connectivity index (χ2n) is 9.67. The van der Waals surface area contributed by atoms with Gasteiger partial charge in [-0.25, -0.2) is 0 Å². The molecule has 1 aliphatic carbocycles. The van der Waals surface area contributed by atoms with Crippen molar-refractivity contribution in [1.82, 2.24) is 9.80 Å². The molecule has 4 rings (SSSR count). The van der Waals surface area contributed by atoms with Crippen molar-refractivity contribution in [3.63, 3.8) is 0 Å². The van der Waals surface area contributed by atoms with Crippen LogP contribution in [0, 0.1) is 5.92 Å². The molecule has 1 aliphatic heterocycles. The van der Waals surface area contributed by atoms with Crippen molar-refractivity contribution < 1.29 is 14.3 Å². The number of rotatable bonds is 10. The molecule has 1 atom stereocenters. The van der Waals surface area contributed by atoms with E-state index < -0.39 is 0 Å². The van der Waals surface area contributed by atoms with Gasteiger partial charge in [0.1, 0.15) is 5.75 Å². The summed E-state index contributed by atoms with van der Waals surface area (Å²) in [6.07, 6.45) is 9.44. The summed E-state index contributed by atoms with van der Waals surface area (Å²) in [5.41, 5.74) is 2.30. The molecule has 1 unspecified atom stereocenters. The molecule has 0 spiro atoms. The van der Waals surface area contributed by atoms with E-state index in [0.717, 1.165) is 37.0 Å². The zero-order chi connectivity index (χ0) is 23.9. The van der Waals surface area contributed by atoms with E-state index in [-0.39, 0.29) is 24.4 Å². The van der Waals surface area contributed by atoms with Crippen LogP contribution in [0.5, 0.6) is 5.75 Å². The Hall–Kier alpha value is -2.34. The standard InChI is InChI=1S/C28H38N2O3S/c1-3-4-17-29(26(31)14-9-21-7-5-6-8-21)20-27(32)30-18-15-25-24(16-19-34-25)28(30)22-10-12-23(33-2)13-11-22/h10-13,16,19,21,28H,3-9,14-15,17-18,20H2,1-2H3. The zero-order valence-corrected chi connectivity index (χ0v) is 21.4. The van der Waals surface area contributed by atoms with Gasteiger partial charge in [0.05, 0.1) is 19.7 Å². The van der Waals surface area contributed by atoms with Gasteiger partial charge in [-0.3, -0.25) is 9.59 Å². The number of hydrogen-bond acceptors (Lipinski definition) is 4. The van der Waals surface area contributed by atoms with E-state index in [1.54, 1.807) is 18.4 Å². The van der Waals surface area contributed by atoms with Gasteiger partial charge in [-0.05, 0) is 59.9 Å². The minimum Gasteiger partial charge on any atom is -0.497 e. The number of nitrogens with zero attached hydrogens (tertiary/aromatic N) is 2. The van der Waals surface area contributed by atoms with Gasteiger partial charge in [0.15, 0.2) is 0 Å². The minimum absolute atomic E-state index is 0.0444. The fourth-order valence-corrected chi connectivity index (χ4v) is 6.31. The van der Waals surface area contributed by atoms with E-state index in [1.807, 2.05) is 21.9 Å². The lowest BCUT2D eigenvalue weighted by Crippen LogP contribution is -2.47. The highest BCUT2D eigenvalue weighted by Crippen LogP contribution is 2.38. The van der Waals surface area contributed by atoms with Gasteiger partial charge in [-0.1, -0.05) is 51.2 Å². The van der Waals surface area contributed by atoms with Crippen molar-refractivity contribution in [2.75, 3.05) is 26.7 Å². The predicted molar refractivity (Wildman–Crippen MR) is 137 cm³/mol. The van der Waals surface area contributed by atoms with Gasteiger partial charge in [0.2, 0.25) is 11.8 Å². The largest absolute Gasteiger partial charge is 0.497 e. The molecule has 2 aliphatic rings. The summed E-state index contributed by atoms with van der Waals surface area (Å²) in [5.74, 6) is 1.68. The predicted octanol–water partition coefficient (Wildman–Crippen LogP) is 5.83. The molecule has 1 fully saturated rings. The number of unbranched alkanes of at least 4 members (excludes halogenated alkanes) is 1. The highest BCUT2D eigenvalue weighted by atomic mass is 32.1. The number of carbonyl (C=O) groups is 2. The van der Waals surface area contributed by atoms with Crippen LogP contribution in [-0.2, 0) is 16.0 Å². The molecule has 0 N–H and O–H groups in total. The highest BCUT2D eigenvalue weighted by Gasteiger charge is 2.34. The highest BCUT2D eigenvalue weighted by molar-refractivity contribution is 7.10. The van der Waals surface area contributed by atoms with Gasteiger partial charge in [0, 0.05) is 24.4 Å². The van der Waals surface area contributed by atoms with E-state index >= 15 is 0 Å². The maximum Gasteiger partial charge on any atom is 0.242 e. The van der Waals surface area contributed by atoms with Crippen LogP contribution < -0.4 is 4.74 Å². The fraction of sp³-hybridized carbons (Fsp3) is 0.571. The molecule has 1 aromatic carbocycles. The molecule has 6 heteroatoms. The van der Waals surface area contributed by atoms with Crippen molar-refractivity contribution in [2.24, 2.45) is 5.92 Å². The van der Waals surface area contributed by atoms with Crippen molar-refractivity contribution in [2.45, 2.75) is 70.8 Å². The van der Waals surface area contributed by atoms with Crippen LogP contribution in [0.25, 0.3) is 0 Å². The Bertz CT molecular complexity index is 949. The number of thiophene rings is 1. The van der Waals surface area contributed by atoms with Crippen LogP contribution in [0.15, 0.2) is 35.7 Å². The van der Waals surface area contributed by atoms with Crippen LogP contribution >= 0.6 is 11.3 Å². The Balaban J connectivity index is 1.50. The van der Waals surface area contributed by atoms with Gasteiger partial charge >= 0.3 is 0 Å². The van der Waals surface area contributed by atoms with Crippen LogP contribution in [-0.4, -0.2) is 48.4 Å². The summed E-state index contributed by atoms with van der Waals surface area (Å²) in [4.78, 5) is 32.0. The molecule has 0 radical (unpaired) electrons. The van der Waals surface area contributed by atoms with Crippen molar-refractivity contribution in [3.05, 3.63) is 51.7 Å². The summed E-state index contributed by atoms with van der Waals surface area (Å²) in [6.45, 7) is 3.65. The average Bonchev–Trinajstić information content (AvgIpc) is 3.56. The summed E-state index contributed by atoms with van der Waals surface area (Å²) in [5, 5.41) is 2.12. The van der Waals surface area contributed by atoms with Gasteiger partial charge in [0.25, 0.3) is 0 Å². The number of fused-ring (bicyclic) bond motifs is 1. The summed E-state index contributed by atoms with van der Waals surface area (Å²) in [6, 6.07) is 10.1. The Morgan fingerprint density at radius 3 is 2.62 bits per heavy atom. The topological polar surface area (TPSA) is 49.9 Å². The minimum atomic E-state index is -0.116. The molecule has 184 valence electrons. The molecule has 0 saturated heterocycles. The second-order valence-corrected chi connectivity index (χ2v) is 10.7. The third-order valence-electron chi connectivity index (χ3n) is 7.42. The third kappa shape index (κ3) is 5.83. The normalized spacial score (nSPS) is 18.1. The van der Waals surface area contributed by atoms with E-state index in [9.17, 15) is 9.59 Å². The van der Waals surface area contributed by atoms with Crippen LogP contribution in [0.3, 0.4) is 0 Å². The maximum atomic E-state index is 13.7. The number of amides is 2. The average molecular weight is 483 g/mol. The van der Waals surface area contributed by atoms with Crippen LogP contribution in [0.1, 0.15) is 80.3 Å². The number of methoxy groups -OCH3 is 1. The lowest BCUT2D eigenvalue weighted by molar-refractivity contribution is -0.142. The molecular weight excluding hydrogens is 444 g/mol. The van der Waals surface area contributed by atoms with Gasteiger partial charge in [-0.15, -0.1) is 11.3 Å². The second kappa shape index (κ2) is 11.9. The van der Waals surface area contributed by atoms with Gasteiger partial charge in [-0.2, -0.15) is 0 Å². The molecule has 5 nitrogen and oxygen atoms in total. The van der Waals surface area contributed by atoms with E-state index in [1.165, 1.54) is 36.1 Å². The SMILES string of the molecule is CCCCN(CC(=O)N1CCc2sccc2C1c1ccc(OC)cc1)C(=O)CCC1CCCC1. The van der Waals surface area contributed by atoms with Crippen molar-refractivity contribution >= 4 is 23.2 Å². The first kappa shape index (κ1) is 24.8. The number of benzene rings is 1. The van der Waals surface area contributed by atoms with Crippen LogP contribution in [0.4, 0.5) is 0 Å². The Morgan fingerprint density at radius 1 is 1.15 bits per heavy atom. The van der Waals surface area contributed by atoms with Crippen molar-refractivity contribution in [3.8, 4) is 5.75 Å². The molecule has 1 aromatic heterocycles. The molecule has 2 aromatic rings. The summed E-state index contributed by atoms with van der Waals surface area (Å²) in [7, 11) is 1.66. The van der Waals surface area contributed by atoms with Crippen LogP contribution in [0.2, 0.25) is 0 Å². The Labute approximate surface area is 208 Å². The van der Waals surface area contributed by atoms with E-state index in [4.69, 9.17) is 4.74 Å². The monoisotopic (exact) mass is 482 g/mol. The molecule has 34 heavy (non-hydrogen) atoms. The molecule has 2 amide bonds. The molecular formula is C28H38N2O3S. The number of hydrogen-bond donors (Lipinski definition) is 0. The third-order valence-corrected chi connectivity index (χ3v) is 8.42. The molecule has 0 bridgehead atoms. The molecule has 1 saturated carbocycles. The first-order valence-electron chi connectivity index (χ1n) is 12.9. The zero-order valence-electron chi connectivity index (χ0n) is 20.6. The van der Waals surface area contributed by atoms with Gasteiger partial charge < -0.3 is 14.5 Å². The fourth-order valence-electron chi connectivity index (χ4n) is 5.41. The lowest BCUT2D eigenvalue weighted by Gasteiger charge is -2.37. The Kier molecular flexibility index (Phi) is 8.65. The smallest absolute Gasteiger partial charge is 0.242 e. The number of carbonyl (C=O) groups excluding carboxylic acids is 2. The summed E-state index contributed by atoms with van der Waals surface area (Å²) >= 11 is 1.77. The van der Waals surface area contributed by atoms with E-state index in [2.05, 4.69) is 30.5 Å². The first-order valence-corrected chi connectivity index (χ1v) is 13.8. The Morgan fingerprint density at radius 2 is 1.91 bits per heavy atom. The van der Waals surface area contributed by atoms with Crippen molar-refractivity contribution in [1.29, 1.82) is 0 Å².